The standard InChI is InChI=1S/C11H16F3N3/c1-3-15-9(4-6-11(12,13)14)10-5-7-16-8(2)17-10/h5,7,9,15H,3-4,6H2,1-2H3. The van der Waals surface area contributed by atoms with Gasteiger partial charge in [0.1, 0.15) is 5.82 Å². The maximum absolute atomic E-state index is 12.2. The van der Waals surface area contributed by atoms with Crippen LogP contribution >= 0.6 is 0 Å². The molecule has 1 N–H and O–H groups in total. The van der Waals surface area contributed by atoms with Crippen molar-refractivity contribution in [2.75, 3.05) is 6.54 Å². The van der Waals surface area contributed by atoms with Crippen molar-refractivity contribution in [2.45, 2.75) is 38.9 Å². The third-order valence-electron chi connectivity index (χ3n) is 2.32. The summed E-state index contributed by atoms with van der Waals surface area (Å²) in [5, 5.41) is 3.01. The highest BCUT2D eigenvalue weighted by Crippen LogP contribution is 2.26. The zero-order chi connectivity index (χ0) is 12.9. The molecule has 17 heavy (non-hydrogen) atoms. The predicted molar refractivity (Wildman–Crippen MR) is 58.5 cm³/mol. The van der Waals surface area contributed by atoms with Crippen LogP contribution in [0, 0.1) is 6.92 Å². The van der Waals surface area contributed by atoms with Crippen LogP contribution in [0.1, 0.15) is 37.3 Å². The molecule has 0 spiro atoms. The molecule has 1 aromatic heterocycles. The number of nitrogens with one attached hydrogen (secondary N) is 1. The van der Waals surface area contributed by atoms with Crippen LogP contribution in [0.3, 0.4) is 0 Å². The first kappa shape index (κ1) is 13.9. The summed E-state index contributed by atoms with van der Waals surface area (Å²) in [6.45, 7) is 4.18. The van der Waals surface area contributed by atoms with Crippen LogP contribution < -0.4 is 5.32 Å². The first-order valence-electron chi connectivity index (χ1n) is 5.52. The second-order valence-corrected chi connectivity index (χ2v) is 3.79. The Bertz CT molecular complexity index is 352. The van der Waals surface area contributed by atoms with E-state index in [0.717, 1.165) is 0 Å². The Morgan fingerprint density at radius 3 is 2.65 bits per heavy atom. The summed E-state index contributed by atoms with van der Waals surface area (Å²) in [6.07, 6.45) is -3.38. The predicted octanol–water partition coefficient (Wildman–Crippen LogP) is 2.78. The first-order chi connectivity index (χ1) is 7.92. The molecule has 0 aliphatic heterocycles. The Kier molecular flexibility index (Phi) is 4.86. The van der Waals surface area contributed by atoms with Crippen molar-refractivity contribution < 1.29 is 13.2 Å². The molecule has 0 amide bonds. The molecule has 1 atom stereocenters. The average molecular weight is 247 g/mol. The van der Waals surface area contributed by atoms with E-state index in [1.54, 1.807) is 19.2 Å². The number of alkyl halides is 3. The molecule has 1 aromatic rings. The van der Waals surface area contributed by atoms with Gasteiger partial charge in [0.15, 0.2) is 0 Å². The van der Waals surface area contributed by atoms with Gasteiger partial charge in [-0.1, -0.05) is 6.92 Å². The number of nitrogens with zero attached hydrogens (tertiary/aromatic N) is 2. The molecule has 0 aliphatic carbocycles. The van der Waals surface area contributed by atoms with Gasteiger partial charge < -0.3 is 5.32 Å². The number of aromatic nitrogens is 2. The van der Waals surface area contributed by atoms with Gasteiger partial charge in [-0.15, -0.1) is 0 Å². The topological polar surface area (TPSA) is 37.8 Å². The van der Waals surface area contributed by atoms with Crippen molar-refractivity contribution in [1.29, 1.82) is 0 Å². The first-order valence-corrected chi connectivity index (χ1v) is 5.52. The highest BCUT2D eigenvalue weighted by molar-refractivity contribution is 5.07. The van der Waals surface area contributed by atoms with Crippen LogP contribution in [0.4, 0.5) is 13.2 Å². The van der Waals surface area contributed by atoms with Crippen LogP contribution in [-0.2, 0) is 0 Å². The van der Waals surface area contributed by atoms with E-state index in [4.69, 9.17) is 0 Å². The summed E-state index contributed by atoms with van der Waals surface area (Å²) in [5.41, 5.74) is 0.614. The smallest absolute Gasteiger partial charge is 0.309 e. The zero-order valence-corrected chi connectivity index (χ0v) is 9.88. The minimum atomic E-state index is -4.13. The van der Waals surface area contributed by atoms with Crippen molar-refractivity contribution in [3.63, 3.8) is 0 Å². The molecule has 1 unspecified atom stereocenters. The molecule has 0 fully saturated rings. The van der Waals surface area contributed by atoms with Gasteiger partial charge in [0.2, 0.25) is 0 Å². The second-order valence-electron chi connectivity index (χ2n) is 3.79. The Hall–Kier alpha value is -1.17. The molecule has 0 saturated carbocycles. The molecule has 0 aliphatic rings. The van der Waals surface area contributed by atoms with Crippen LogP contribution in [0.5, 0.6) is 0 Å². The molecule has 1 heterocycles. The van der Waals surface area contributed by atoms with Crippen molar-refractivity contribution in [3.05, 3.63) is 23.8 Å². The Morgan fingerprint density at radius 1 is 1.41 bits per heavy atom. The van der Waals surface area contributed by atoms with E-state index in [1.165, 1.54) is 0 Å². The van der Waals surface area contributed by atoms with Gasteiger partial charge in [-0.25, -0.2) is 9.97 Å². The van der Waals surface area contributed by atoms with Gasteiger partial charge in [-0.2, -0.15) is 13.2 Å². The lowest BCUT2D eigenvalue weighted by atomic mass is 10.1. The van der Waals surface area contributed by atoms with Crippen LogP contribution in [0.2, 0.25) is 0 Å². The number of aryl methyl sites for hydroxylation is 1. The number of hydrogen-bond donors (Lipinski definition) is 1. The Balaban J connectivity index is 2.71. The fourth-order valence-electron chi connectivity index (χ4n) is 1.58. The quantitative estimate of drug-likeness (QED) is 0.869. The fraction of sp³-hybridized carbons (Fsp3) is 0.636. The van der Waals surface area contributed by atoms with Gasteiger partial charge in [-0.05, 0) is 26.0 Å². The Morgan fingerprint density at radius 2 is 2.12 bits per heavy atom. The number of halogens is 3. The van der Waals surface area contributed by atoms with E-state index >= 15 is 0 Å². The maximum atomic E-state index is 12.2. The van der Waals surface area contributed by atoms with E-state index in [-0.39, 0.29) is 12.5 Å². The zero-order valence-electron chi connectivity index (χ0n) is 9.88. The van der Waals surface area contributed by atoms with E-state index in [0.29, 0.717) is 18.1 Å². The normalized spacial score (nSPS) is 13.7. The fourth-order valence-corrected chi connectivity index (χ4v) is 1.58. The van der Waals surface area contributed by atoms with Gasteiger partial charge >= 0.3 is 6.18 Å². The van der Waals surface area contributed by atoms with Crippen molar-refractivity contribution in [2.24, 2.45) is 0 Å². The Labute approximate surface area is 98.5 Å². The summed E-state index contributed by atoms with van der Waals surface area (Å²) < 4.78 is 36.6. The summed E-state index contributed by atoms with van der Waals surface area (Å²) in [6, 6.07) is 1.28. The lowest BCUT2D eigenvalue weighted by molar-refractivity contribution is -0.136. The summed E-state index contributed by atoms with van der Waals surface area (Å²) in [4.78, 5) is 8.08. The van der Waals surface area contributed by atoms with Crippen molar-refractivity contribution in [1.82, 2.24) is 15.3 Å². The van der Waals surface area contributed by atoms with E-state index in [2.05, 4.69) is 15.3 Å². The molecule has 0 aromatic carbocycles. The highest BCUT2D eigenvalue weighted by atomic mass is 19.4. The molecular formula is C11H16F3N3. The average Bonchev–Trinajstić information content (AvgIpc) is 2.23. The lowest BCUT2D eigenvalue weighted by Crippen LogP contribution is -2.24. The minimum Gasteiger partial charge on any atom is -0.309 e. The van der Waals surface area contributed by atoms with Crippen LogP contribution in [0.25, 0.3) is 0 Å². The van der Waals surface area contributed by atoms with Crippen LogP contribution in [0.15, 0.2) is 12.3 Å². The molecule has 3 nitrogen and oxygen atoms in total. The van der Waals surface area contributed by atoms with Gasteiger partial charge in [0.25, 0.3) is 0 Å². The third kappa shape index (κ3) is 5.12. The largest absolute Gasteiger partial charge is 0.389 e. The minimum absolute atomic E-state index is 0.00616. The highest BCUT2D eigenvalue weighted by Gasteiger charge is 2.28. The molecule has 6 heteroatoms. The molecule has 0 bridgehead atoms. The maximum Gasteiger partial charge on any atom is 0.389 e. The molecule has 1 rings (SSSR count). The molecule has 0 saturated heterocycles. The van der Waals surface area contributed by atoms with E-state index < -0.39 is 12.6 Å². The van der Waals surface area contributed by atoms with E-state index in [1.807, 2.05) is 6.92 Å². The van der Waals surface area contributed by atoms with Crippen molar-refractivity contribution >= 4 is 0 Å². The number of rotatable bonds is 5. The van der Waals surface area contributed by atoms with Gasteiger partial charge in [0.05, 0.1) is 5.69 Å². The summed E-state index contributed by atoms with van der Waals surface area (Å²) >= 11 is 0. The number of hydrogen-bond acceptors (Lipinski definition) is 3. The van der Waals surface area contributed by atoms with Crippen LogP contribution in [-0.4, -0.2) is 22.7 Å². The molecule has 96 valence electrons. The summed E-state index contributed by atoms with van der Waals surface area (Å²) in [7, 11) is 0. The lowest BCUT2D eigenvalue weighted by Gasteiger charge is -2.18. The SMILES string of the molecule is CCNC(CCC(F)(F)F)c1ccnc(C)n1. The van der Waals surface area contributed by atoms with Gasteiger partial charge in [0, 0.05) is 18.7 Å². The second kappa shape index (κ2) is 5.95. The van der Waals surface area contributed by atoms with Gasteiger partial charge in [-0.3, -0.25) is 0 Å². The third-order valence-corrected chi connectivity index (χ3v) is 2.32. The van der Waals surface area contributed by atoms with E-state index in [9.17, 15) is 13.2 Å². The molecule has 0 radical (unpaired) electrons. The monoisotopic (exact) mass is 247 g/mol. The van der Waals surface area contributed by atoms with Crippen molar-refractivity contribution in [3.8, 4) is 0 Å². The summed E-state index contributed by atoms with van der Waals surface area (Å²) in [5.74, 6) is 0.567. The molecular weight excluding hydrogens is 231 g/mol.